The summed E-state index contributed by atoms with van der Waals surface area (Å²) in [4.78, 5) is 12.0. The van der Waals surface area contributed by atoms with Gasteiger partial charge in [0, 0.05) is 25.5 Å². The molecule has 8 heteroatoms. The Morgan fingerprint density at radius 1 is 1.22 bits per heavy atom. The van der Waals surface area contributed by atoms with Crippen LogP contribution in [0.25, 0.3) is 6.08 Å². The van der Waals surface area contributed by atoms with Crippen LogP contribution in [-0.2, 0) is 6.18 Å². The zero-order valence-electron chi connectivity index (χ0n) is 12.3. The van der Waals surface area contributed by atoms with Crippen LogP contribution >= 0.6 is 0 Å². The number of halogens is 3. The third kappa shape index (κ3) is 3.25. The summed E-state index contributed by atoms with van der Waals surface area (Å²) < 4.78 is 38.5. The second-order valence-electron chi connectivity index (χ2n) is 4.98. The van der Waals surface area contributed by atoms with E-state index in [1.54, 1.807) is 0 Å². The molecule has 2 heterocycles. The van der Waals surface area contributed by atoms with E-state index < -0.39 is 11.7 Å². The van der Waals surface area contributed by atoms with Gasteiger partial charge in [0.2, 0.25) is 5.95 Å². The molecule has 0 saturated carbocycles. The predicted molar refractivity (Wildman–Crippen MR) is 81.0 cm³/mol. The number of nitrogens with one attached hydrogen (secondary N) is 2. The van der Waals surface area contributed by atoms with Crippen molar-refractivity contribution in [1.82, 2.24) is 9.97 Å². The van der Waals surface area contributed by atoms with Crippen LogP contribution in [0.5, 0.6) is 0 Å². The lowest BCUT2D eigenvalue weighted by Gasteiger charge is -2.13. The number of rotatable bonds is 3. The van der Waals surface area contributed by atoms with Crippen LogP contribution in [0.2, 0.25) is 0 Å². The fraction of sp³-hybridized carbons (Fsp3) is 0.267. The van der Waals surface area contributed by atoms with Crippen LogP contribution in [0.4, 0.5) is 30.6 Å². The Hall–Kier alpha value is -2.64. The molecule has 0 atom stereocenters. The maximum absolute atomic E-state index is 12.8. The summed E-state index contributed by atoms with van der Waals surface area (Å²) in [5.41, 5.74) is -0.231. The summed E-state index contributed by atoms with van der Waals surface area (Å²) in [7, 11) is 1.38. The smallest absolute Gasteiger partial charge is 0.372 e. The number of nitrogens with zero attached hydrogens (tertiary/aromatic N) is 3. The van der Waals surface area contributed by atoms with Crippen LogP contribution < -0.4 is 21.2 Å². The largest absolute Gasteiger partial charge is 0.421 e. The minimum atomic E-state index is -4.50. The van der Waals surface area contributed by atoms with E-state index in [-0.39, 0.29) is 11.8 Å². The Morgan fingerprint density at radius 2 is 2.04 bits per heavy atom. The minimum absolute atomic E-state index is 0.0853. The molecule has 0 aliphatic carbocycles. The monoisotopic (exact) mass is 321 g/mol. The number of benzene rings is 1. The second-order valence-corrected chi connectivity index (χ2v) is 4.98. The molecule has 1 aliphatic rings. The standard InChI is InChI=1S/C15H14F3N5/c1-19-13-11(15(16,17)18)8-21-14(23-13)22-10-5-4-9-3-2-6-20-12(9)7-10/h3-5,7-8H,2,6H2,1H3,(H2,19,21,22,23). The van der Waals surface area contributed by atoms with E-state index in [9.17, 15) is 13.2 Å². The van der Waals surface area contributed by atoms with Gasteiger partial charge in [-0.15, -0.1) is 0 Å². The van der Waals surface area contributed by atoms with Crippen LogP contribution in [0.15, 0.2) is 29.4 Å². The van der Waals surface area contributed by atoms with E-state index in [4.69, 9.17) is 0 Å². The average Bonchev–Trinajstić information content (AvgIpc) is 2.53. The van der Waals surface area contributed by atoms with Gasteiger partial charge in [0.25, 0.3) is 0 Å². The summed E-state index contributed by atoms with van der Waals surface area (Å²) in [6.07, 6.45) is -0.734. The molecule has 1 aliphatic heterocycles. The van der Waals surface area contributed by atoms with Crippen molar-refractivity contribution >= 4 is 23.5 Å². The van der Waals surface area contributed by atoms with E-state index in [1.807, 2.05) is 18.2 Å². The molecule has 0 fully saturated rings. The molecule has 23 heavy (non-hydrogen) atoms. The lowest BCUT2D eigenvalue weighted by atomic mass is 10.2. The SMILES string of the molecule is CNc1nc(Nc2ccc3c(c2)=NCCC=3)ncc1C(F)(F)F. The molecule has 0 spiro atoms. The van der Waals surface area contributed by atoms with E-state index in [2.05, 4.69) is 31.7 Å². The Bertz CT molecular complexity index is 845. The maximum Gasteiger partial charge on any atom is 0.421 e. The molecule has 3 rings (SSSR count). The van der Waals surface area contributed by atoms with Gasteiger partial charge in [-0.2, -0.15) is 18.2 Å². The van der Waals surface area contributed by atoms with Crippen LogP contribution in [0.3, 0.4) is 0 Å². The first-order valence-corrected chi connectivity index (χ1v) is 7.01. The summed E-state index contributed by atoms with van der Waals surface area (Å²) in [6, 6.07) is 5.55. The number of hydrogen-bond acceptors (Lipinski definition) is 5. The Kier molecular flexibility index (Phi) is 3.89. The normalized spacial score (nSPS) is 13.6. The van der Waals surface area contributed by atoms with Gasteiger partial charge >= 0.3 is 6.18 Å². The summed E-state index contributed by atoms with van der Waals surface area (Å²) >= 11 is 0. The molecule has 0 amide bonds. The van der Waals surface area contributed by atoms with Gasteiger partial charge in [-0.1, -0.05) is 12.1 Å². The number of alkyl halides is 3. The molecule has 0 radical (unpaired) electrons. The fourth-order valence-electron chi connectivity index (χ4n) is 2.31. The Labute approximate surface area is 130 Å². The van der Waals surface area contributed by atoms with Crippen molar-refractivity contribution in [2.24, 2.45) is 4.99 Å². The van der Waals surface area contributed by atoms with E-state index in [0.717, 1.165) is 29.7 Å². The van der Waals surface area contributed by atoms with Gasteiger partial charge in [0.05, 0.1) is 5.36 Å². The van der Waals surface area contributed by atoms with Gasteiger partial charge in [-0.05, 0) is 23.8 Å². The lowest BCUT2D eigenvalue weighted by molar-refractivity contribution is -0.137. The van der Waals surface area contributed by atoms with Crippen LogP contribution in [-0.4, -0.2) is 23.6 Å². The first-order chi connectivity index (χ1) is 11.0. The second kappa shape index (κ2) is 5.86. The molecule has 1 aromatic heterocycles. The number of anilines is 3. The lowest BCUT2D eigenvalue weighted by Crippen LogP contribution is -2.28. The molecule has 5 nitrogen and oxygen atoms in total. The molecule has 120 valence electrons. The fourth-order valence-corrected chi connectivity index (χ4v) is 2.31. The van der Waals surface area contributed by atoms with Crippen molar-refractivity contribution in [3.63, 3.8) is 0 Å². The molecule has 2 aromatic rings. The first kappa shape index (κ1) is 15.3. The quantitative estimate of drug-likeness (QED) is 0.909. The minimum Gasteiger partial charge on any atom is -0.372 e. The van der Waals surface area contributed by atoms with E-state index >= 15 is 0 Å². The van der Waals surface area contributed by atoms with Crippen molar-refractivity contribution in [3.05, 3.63) is 40.5 Å². The highest BCUT2D eigenvalue weighted by Gasteiger charge is 2.35. The van der Waals surface area contributed by atoms with Crippen molar-refractivity contribution in [2.45, 2.75) is 12.6 Å². The molecule has 0 unspecified atom stereocenters. The van der Waals surface area contributed by atoms with Crippen molar-refractivity contribution in [2.75, 3.05) is 24.2 Å². The zero-order chi connectivity index (χ0) is 16.4. The maximum atomic E-state index is 12.8. The number of aromatic nitrogens is 2. The summed E-state index contributed by atoms with van der Waals surface area (Å²) in [5.74, 6) is -0.187. The molecule has 0 bridgehead atoms. The summed E-state index contributed by atoms with van der Waals surface area (Å²) in [5, 5.41) is 7.24. The Balaban J connectivity index is 1.92. The summed E-state index contributed by atoms with van der Waals surface area (Å²) in [6.45, 7) is 0.733. The zero-order valence-corrected chi connectivity index (χ0v) is 12.3. The highest BCUT2D eigenvalue weighted by molar-refractivity contribution is 5.56. The van der Waals surface area contributed by atoms with Crippen LogP contribution in [0.1, 0.15) is 12.0 Å². The number of hydrogen-bond donors (Lipinski definition) is 2. The molecule has 1 aromatic carbocycles. The third-order valence-electron chi connectivity index (χ3n) is 3.39. The number of fused-ring (bicyclic) bond motifs is 1. The molecular weight excluding hydrogens is 307 g/mol. The molecular formula is C15H14F3N5. The van der Waals surface area contributed by atoms with Crippen molar-refractivity contribution in [3.8, 4) is 0 Å². The van der Waals surface area contributed by atoms with Gasteiger partial charge in [0.15, 0.2) is 0 Å². The van der Waals surface area contributed by atoms with Gasteiger partial charge < -0.3 is 10.6 Å². The predicted octanol–water partition coefficient (Wildman–Crippen LogP) is 2.08. The van der Waals surface area contributed by atoms with Gasteiger partial charge in [-0.3, -0.25) is 4.99 Å². The van der Waals surface area contributed by atoms with Gasteiger partial charge in [-0.25, -0.2) is 4.98 Å². The van der Waals surface area contributed by atoms with Crippen LogP contribution in [0, 0.1) is 0 Å². The van der Waals surface area contributed by atoms with Gasteiger partial charge in [0.1, 0.15) is 11.4 Å². The topological polar surface area (TPSA) is 62.2 Å². The highest BCUT2D eigenvalue weighted by atomic mass is 19.4. The van der Waals surface area contributed by atoms with E-state index in [1.165, 1.54) is 7.05 Å². The molecule has 2 N–H and O–H groups in total. The average molecular weight is 321 g/mol. The molecule has 0 saturated heterocycles. The highest BCUT2D eigenvalue weighted by Crippen LogP contribution is 2.33. The third-order valence-corrected chi connectivity index (χ3v) is 3.39. The van der Waals surface area contributed by atoms with Crippen molar-refractivity contribution in [1.29, 1.82) is 0 Å². The Morgan fingerprint density at radius 3 is 2.78 bits per heavy atom. The first-order valence-electron chi connectivity index (χ1n) is 7.01. The van der Waals surface area contributed by atoms with Crippen molar-refractivity contribution < 1.29 is 13.2 Å². The van der Waals surface area contributed by atoms with E-state index in [0.29, 0.717) is 5.69 Å².